The van der Waals surface area contributed by atoms with Gasteiger partial charge in [-0.15, -0.1) is 0 Å². The van der Waals surface area contributed by atoms with Gasteiger partial charge in [-0.05, 0) is 42.8 Å². The molecule has 208 valence electrons. The summed E-state index contributed by atoms with van der Waals surface area (Å²) < 4.78 is 0. The Morgan fingerprint density at radius 1 is 0.718 bits per heavy atom. The third-order valence-corrected chi connectivity index (χ3v) is 7.09. The van der Waals surface area contributed by atoms with Crippen molar-refractivity contribution in [3.63, 3.8) is 0 Å². The molecule has 0 saturated heterocycles. The van der Waals surface area contributed by atoms with E-state index in [0.717, 1.165) is 35.7 Å². The van der Waals surface area contributed by atoms with Crippen LogP contribution in [-0.2, 0) is 4.79 Å². The van der Waals surface area contributed by atoms with Gasteiger partial charge in [-0.1, -0.05) is 126 Å². The molecule has 0 aliphatic rings. The number of rotatable bonds is 17. The van der Waals surface area contributed by atoms with Gasteiger partial charge in [0.1, 0.15) is 5.84 Å². The largest absolute Gasteiger partial charge is 0.343 e. The maximum absolute atomic E-state index is 13.5. The highest BCUT2D eigenvalue weighted by molar-refractivity contribution is 6.00. The Kier molecular flexibility index (Phi) is 13.9. The molecule has 0 aromatic heterocycles. The molecule has 1 unspecified atom stereocenters. The molecule has 39 heavy (non-hydrogen) atoms. The zero-order chi connectivity index (χ0) is 27.5. The van der Waals surface area contributed by atoms with Crippen molar-refractivity contribution in [2.75, 3.05) is 16.8 Å². The third-order valence-electron chi connectivity index (χ3n) is 7.09. The Morgan fingerprint density at radius 3 is 1.82 bits per heavy atom. The van der Waals surface area contributed by atoms with E-state index in [-0.39, 0.29) is 11.8 Å². The number of carbonyl (C=O) groups is 1. The molecule has 3 aromatic carbocycles. The Morgan fingerprint density at radius 2 is 1.23 bits per heavy atom. The molecule has 0 saturated carbocycles. The molecule has 0 fully saturated rings. The number of nitrogens with one attached hydrogen (secondary N) is 1. The summed E-state index contributed by atoms with van der Waals surface area (Å²) >= 11 is 0. The van der Waals surface area contributed by atoms with E-state index < -0.39 is 0 Å². The summed E-state index contributed by atoms with van der Waals surface area (Å²) in [5, 5.41) is 3.52. The summed E-state index contributed by atoms with van der Waals surface area (Å²) in [6.07, 6.45) is 13.2. The van der Waals surface area contributed by atoms with Crippen LogP contribution < -0.4 is 10.2 Å². The van der Waals surface area contributed by atoms with Crippen molar-refractivity contribution in [3.8, 4) is 0 Å². The highest BCUT2D eigenvalue weighted by Crippen LogP contribution is 2.21. The molecule has 0 heterocycles. The summed E-state index contributed by atoms with van der Waals surface area (Å²) in [7, 11) is 0. The highest BCUT2D eigenvalue weighted by Gasteiger charge is 2.21. The van der Waals surface area contributed by atoms with Crippen LogP contribution in [0.1, 0.15) is 84.5 Å². The van der Waals surface area contributed by atoms with Gasteiger partial charge in [0, 0.05) is 30.3 Å². The minimum atomic E-state index is 0.00211. The molecule has 4 nitrogen and oxygen atoms in total. The standard InChI is InChI=1S/C35H47N3O/c1-3-4-5-6-7-8-9-10-11-21-28-34(39)38(33-26-19-14-20-27-33)29-30(2)35(36-31-22-15-12-16-23-31)37-32-24-17-13-18-25-32/h12-20,22-27,30H,3-11,21,28-29H2,1-2H3,(H,36,37). The molecule has 1 amide bonds. The van der Waals surface area contributed by atoms with Crippen LogP contribution in [0.4, 0.5) is 17.1 Å². The van der Waals surface area contributed by atoms with Crippen LogP contribution in [0.2, 0.25) is 0 Å². The summed E-state index contributed by atoms with van der Waals surface area (Å²) in [5.74, 6) is 1.04. The first kappa shape index (κ1) is 30.1. The molecule has 1 N–H and O–H groups in total. The molecule has 0 aliphatic heterocycles. The normalized spacial score (nSPS) is 12.2. The van der Waals surface area contributed by atoms with Crippen molar-refractivity contribution in [2.24, 2.45) is 10.9 Å². The second-order valence-electron chi connectivity index (χ2n) is 10.5. The predicted octanol–water partition coefficient (Wildman–Crippen LogP) is 9.81. The van der Waals surface area contributed by atoms with E-state index in [1.54, 1.807) is 0 Å². The summed E-state index contributed by atoms with van der Waals surface area (Å²) in [6.45, 7) is 4.97. The molecule has 0 bridgehead atoms. The van der Waals surface area contributed by atoms with Crippen LogP contribution in [0.3, 0.4) is 0 Å². The summed E-state index contributed by atoms with van der Waals surface area (Å²) in [4.78, 5) is 20.4. The van der Waals surface area contributed by atoms with E-state index in [9.17, 15) is 4.79 Å². The molecular formula is C35H47N3O. The fourth-order valence-electron chi connectivity index (χ4n) is 4.79. The van der Waals surface area contributed by atoms with Crippen LogP contribution in [0.25, 0.3) is 0 Å². The second kappa shape index (κ2) is 18.0. The number of hydrogen-bond donors (Lipinski definition) is 1. The first-order chi connectivity index (χ1) is 19.2. The lowest BCUT2D eigenvalue weighted by Gasteiger charge is -2.27. The van der Waals surface area contributed by atoms with Gasteiger partial charge in [0.25, 0.3) is 0 Å². The topological polar surface area (TPSA) is 44.7 Å². The maximum Gasteiger partial charge on any atom is 0.226 e. The first-order valence-electron chi connectivity index (χ1n) is 15.0. The van der Waals surface area contributed by atoms with E-state index in [1.165, 1.54) is 51.4 Å². The van der Waals surface area contributed by atoms with Crippen LogP contribution in [0.5, 0.6) is 0 Å². The van der Waals surface area contributed by atoms with E-state index >= 15 is 0 Å². The second-order valence-corrected chi connectivity index (χ2v) is 10.5. The number of para-hydroxylation sites is 3. The quantitative estimate of drug-likeness (QED) is 0.108. The molecule has 0 aliphatic carbocycles. The maximum atomic E-state index is 13.5. The van der Waals surface area contributed by atoms with Crippen molar-refractivity contribution < 1.29 is 4.79 Å². The Bertz CT molecular complexity index is 1080. The van der Waals surface area contributed by atoms with Crippen molar-refractivity contribution in [1.82, 2.24) is 0 Å². The molecular weight excluding hydrogens is 478 g/mol. The lowest BCUT2D eigenvalue weighted by molar-refractivity contribution is -0.118. The zero-order valence-electron chi connectivity index (χ0n) is 24.0. The SMILES string of the molecule is CCCCCCCCCCCCC(=O)N(CC(C)C(=Nc1ccccc1)Nc1ccccc1)c1ccccc1. The number of amides is 1. The lowest BCUT2D eigenvalue weighted by atomic mass is 10.0. The number of anilines is 2. The Labute approximate surface area is 236 Å². The van der Waals surface area contributed by atoms with Crippen LogP contribution in [0, 0.1) is 5.92 Å². The number of nitrogens with zero attached hydrogens (tertiary/aromatic N) is 2. The first-order valence-corrected chi connectivity index (χ1v) is 15.0. The van der Waals surface area contributed by atoms with Gasteiger partial charge < -0.3 is 10.2 Å². The third kappa shape index (κ3) is 11.5. The van der Waals surface area contributed by atoms with Crippen molar-refractivity contribution >= 4 is 28.8 Å². The van der Waals surface area contributed by atoms with Gasteiger partial charge in [0.05, 0.1) is 5.69 Å². The molecule has 1 atom stereocenters. The zero-order valence-corrected chi connectivity index (χ0v) is 24.0. The van der Waals surface area contributed by atoms with Crippen molar-refractivity contribution in [3.05, 3.63) is 91.0 Å². The van der Waals surface area contributed by atoms with E-state index in [1.807, 2.05) is 95.9 Å². The number of carbonyl (C=O) groups excluding carboxylic acids is 1. The number of unbranched alkanes of at least 4 members (excludes halogenated alkanes) is 9. The number of amidine groups is 1. The van der Waals surface area contributed by atoms with Gasteiger partial charge >= 0.3 is 0 Å². The number of benzene rings is 3. The smallest absolute Gasteiger partial charge is 0.226 e. The minimum Gasteiger partial charge on any atom is -0.343 e. The minimum absolute atomic E-state index is 0.00211. The molecule has 4 heteroatoms. The van der Waals surface area contributed by atoms with Gasteiger partial charge in [-0.3, -0.25) is 4.79 Å². The highest BCUT2D eigenvalue weighted by atomic mass is 16.2. The van der Waals surface area contributed by atoms with Gasteiger partial charge in [-0.25, -0.2) is 4.99 Å². The number of hydrogen-bond acceptors (Lipinski definition) is 2. The number of aliphatic imine (C=N–C) groups is 1. The molecule has 3 aromatic rings. The van der Waals surface area contributed by atoms with Crippen LogP contribution in [0.15, 0.2) is 96.0 Å². The van der Waals surface area contributed by atoms with Crippen molar-refractivity contribution in [2.45, 2.75) is 84.5 Å². The monoisotopic (exact) mass is 525 g/mol. The molecule has 3 rings (SSSR count). The van der Waals surface area contributed by atoms with E-state index in [2.05, 4.69) is 19.2 Å². The van der Waals surface area contributed by atoms with E-state index in [0.29, 0.717) is 13.0 Å². The average molecular weight is 526 g/mol. The van der Waals surface area contributed by atoms with Gasteiger partial charge in [-0.2, -0.15) is 0 Å². The van der Waals surface area contributed by atoms with Gasteiger partial charge in [0.15, 0.2) is 0 Å². The Balaban J connectivity index is 1.61. The fraction of sp³-hybridized carbons (Fsp3) is 0.429. The molecule has 0 spiro atoms. The summed E-state index contributed by atoms with van der Waals surface area (Å²) in [6, 6.07) is 30.2. The predicted molar refractivity (Wildman–Crippen MR) is 168 cm³/mol. The van der Waals surface area contributed by atoms with Crippen LogP contribution in [-0.4, -0.2) is 18.3 Å². The van der Waals surface area contributed by atoms with Crippen LogP contribution >= 0.6 is 0 Å². The Hall–Kier alpha value is -3.40. The molecule has 0 radical (unpaired) electrons. The van der Waals surface area contributed by atoms with Gasteiger partial charge in [0.2, 0.25) is 5.91 Å². The average Bonchev–Trinajstić information content (AvgIpc) is 2.98. The van der Waals surface area contributed by atoms with Crippen molar-refractivity contribution in [1.29, 1.82) is 0 Å². The van der Waals surface area contributed by atoms with E-state index in [4.69, 9.17) is 4.99 Å². The fourth-order valence-corrected chi connectivity index (χ4v) is 4.79. The summed E-state index contributed by atoms with van der Waals surface area (Å²) in [5.41, 5.74) is 2.83. The lowest BCUT2D eigenvalue weighted by Crippen LogP contribution is -2.38.